The lowest BCUT2D eigenvalue weighted by Crippen LogP contribution is -2.19. The number of nitrogens with zero attached hydrogens (tertiary/aromatic N) is 1. The van der Waals surface area contributed by atoms with Crippen LogP contribution >= 0.6 is 0 Å². The summed E-state index contributed by atoms with van der Waals surface area (Å²) in [6.45, 7) is 2.82. The Morgan fingerprint density at radius 3 is 1.94 bits per heavy atom. The van der Waals surface area contributed by atoms with Gasteiger partial charge in [0, 0.05) is 11.1 Å². The lowest BCUT2D eigenvalue weighted by molar-refractivity contribution is -0.142. The summed E-state index contributed by atoms with van der Waals surface area (Å²) < 4.78 is 68.9. The molecular weight excluding hydrogens is 429 g/mol. The predicted molar refractivity (Wildman–Crippen MR) is 110 cm³/mol. The number of pyridine rings is 1. The molecule has 0 amide bonds. The normalized spacial score (nSPS) is 13.1. The molecule has 1 atom stereocenters. The zero-order valence-electron chi connectivity index (χ0n) is 17.4. The van der Waals surface area contributed by atoms with Gasteiger partial charge in [-0.3, -0.25) is 0 Å². The Hall–Kier alpha value is -2.84. The molecule has 0 aliphatic heterocycles. The first kappa shape index (κ1) is 23.8. The Morgan fingerprint density at radius 2 is 1.47 bits per heavy atom. The van der Waals surface area contributed by atoms with Crippen LogP contribution in [0.2, 0.25) is 0 Å². The van der Waals surface area contributed by atoms with Crippen LogP contribution in [0.25, 0.3) is 11.1 Å². The summed E-state index contributed by atoms with van der Waals surface area (Å²) in [5.74, 6) is 0.187. The van der Waals surface area contributed by atoms with Crippen molar-refractivity contribution in [2.45, 2.75) is 45.1 Å². The summed E-state index contributed by atoms with van der Waals surface area (Å²) >= 11 is 0. The van der Waals surface area contributed by atoms with Gasteiger partial charge >= 0.3 is 6.18 Å². The highest BCUT2D eigenvalue weighted by atomic mass is 19.4. The van der Waals surface area contributed by atoms with Crippen molar-refractivity contribution >= 4 is 0 Å². The fourth-order valence-corrected chi connectivity index (χ4v) is 3.65. The molecule has 170 valence electrons. The fraction of sp³-hybridized carbons (Fsp3) is 0.292. The summed E-state index contributed by atoms with van der Waals surface area (Å²) in [7, 11) is 0. The van der Waals surface area contributed by atoms with Gasteiger partial charge in [0.15, 0.2) is 5.69 Å². The summed E-state index contributed by atoms with van der Waals surface area (Å²) in [4.78, 5) is 3.20. The molecule has 0 saturated carbocycles. The Labute approximate surface area is 182 Å². The number of aliphatic hydroxyl groups is 2. The third-order valence-corrected chi connectivity index (χ3v) is 5.25. The minimum atomic E-state index is -5.08. The summed E-state index contributed by atoms with van der Waals surface area (Å²) in [5, 5.41) is 20.9. The smallest absolute Gasteiger partial charge is 0.392 e. The molecule has 1 aromatic heterocycles. The SMILES string of the molecule is CC(C)c1ccc(C(O)c2c(C(F)F)nc(C(F)(F)F)c(CO)c2-c2ccccc2)cc1. The van der Waals surface area contributed by atoms with E-state index in [4.69, 9.17) is 0 Å². The predicted octanol–water partition coefficient (Wildman–Crippen LogP) is 6.40. The molecule has 1 unspecified atom stereocenters. The summed E-state index contributed by atoms with van der Waals surface area (Å²) in [6.07, 6.45) is -10.1. The average molecular weight is 451 g/mol. The van der Waals surface area contributed by atoms with Crippen molar-refractivity contribution in [1.29, 1.82) is 0 Å². The summed E-state index contributed by atoms with van der Waals surface area (Å²) in [6, 6.07) is 14.1. The van der Waals surface area contributed by atoms with E-state index in [-0.39, 0.29) is 22.6 Å². The molecule has 3 rings (SSSR count). The van der Waals surface area contributed by atoms with Crippen LogP contribution in [-0.2, 0) is 12.8 Å². The van der Waals surface area contributed by atoms with Gasteiger partial charge in [-0.05, 0) is 28.2 Å². The number of alkyl halides is 5. The maximum absolute atomic E-state index is 14.0. The Kier molecular flexibility index (Phi) is 6.95. The number of aromatic nitrogens is 1. The van der Waals surface area contributed by atoms with Gasteiger partial charge in [-0.15, -0.1) is 0 Å². The van der Waals surface area contributed by atoms with E-state index < -0.39 is 47.8 Å². The highest BCUT2D eigenvalue weighted by Gasteiger charge is 2.40. The van der Waals surface area contributed by atoms with Gasteiger partial charge in [-0.25, -0.2) is 13.8 Å². The first-order valence-corrected chi connectivity index (χ1v) is 9.92. The van der Waals surface area contributed by atoms with Gasteiger partial charge in [0.2, 0.25) is 0 Å². The van der Waals surface area contributed by atoms with Crippen LogP contribution in [-0.4, -0.2) is 15.2 Å². The lowest BCUT2D eigenvalue weighted by Gasteiger charge is -2.25. The van der Waals surface area contributed by atoms with Gasteiger partial charge in [0.25, 0.3) is 6.43 Å². The maximum Gasteiger partial charge on any atom is 0.433 e. The number of rotatable bonds is 6. The second-order valence-corrected chi connectivity index (χ2v) is 7.66. The monoisotopic (exact) mass is 451 g/mol. The molecule has 1 heterocycles. The third-order valence-electron chi connectivity index (χ3n) is 5.25. The highest BCUT2D eigenvalue weighted by molar-refractivity contribution is 5.74. The Balaban J connectivity index is 2.37. The quantitative estimate of drug-likeness (QED) is 0.426. The molecular formula is C24H22F5NO2. The second-order valence-electron chi connectivity index (χ2n) is 7.66. The Morgan fingerprint density at radius 1 is 0.906 bits per heavy atom. The van der Waals surface area contributed by atoms with Crippen molar-refractivity contribution in [3.05, 3.63) is 88.2 Å². The van der Waals surface area contributed by atoms with E-state index in [1.807, 2.05) is 13.8 Å². The van der Waals surface area contributed by atoms with Crippen molar-refractivity contribution in [3.63, 3.8) is 0 Å². The van der Waals surface area contributed by atoms with Gasteiger partial charge in [-0.2, -0.15) is 13.2 Å². The topological polar surface area (TPSA) is 53.4 Å². The van der Waals surface area contributed by atoms with Crippen LogP contribution in [0, 0.1) is 0 Å². The van der Waals surface area contributed by atoms with E-state index >= 15 is 0 Å². The number of hydrogen-bond donors (Lipinski definition) is 2. The first-order chi connectivity index (χ1) is 15.1. The number of hydrogen-bond acceptors (Lipinski definition) is 3. The minimum Gasteiger partial charge on any atom is -0.392 e. The average Bonchev–Trinajstić information content (AvgIpc) is 2.77. The molecule has 0 spiro atoms. The number of halogens is 5. The molecule has 2 aromatic carbocycles. The zero-order valence-corrected chi connectivity index (χ0v) is 17.4. The van der Waals surface area contributed by atoms with Crippen LogP contribution in [0.15, 0.2) is 54.6 Å². The van der Waals surface area contributed by atoms with Crippen LogP contribution in [0.3, 0.4) is 0 Å². The van der Waals surface area contributed by atoms with E-state index in [1.54, 1.807) is 30.3 Å². The number of benzene rings is 2. The van der Waals surface area contributed by atoms with Crippen molar-refractivity contribution in [3.8, 4) is 11.1 Å². The van der Waals surface area contributed by atoms with E-state index in [2.05, 4.69) is 4.98 Å². The second kappa shape index (κ2) is 9.34. The zero-order chi connectivity index (χ0) is 23.6. The van der Waals surface area contributed by atoms with Crippen LogP contribution in [0.5, 0.6) is 0 Å². The third kappa shape index (κ3) is 4.66. The van der Waals surface area contributed by atoms with Crippen LogP contribution in [0.1, 0.15) is 65.9 Å². The minimum absolute atomic E-state index is 0.152. The number of aliphatic hydroxyl groups excluding tert-OH is 2. The van der Waals surface area contributed by atoms with E-state index in [0.29, 0.717) is 0 Å². The molecule has 0 radical (unpaired) electrons. The van der Waals surface area contributed by atoms with Crippen molar-refractivity contribution < 1.29 is 32.2 Å². The van der Waals surface area contributed by atoms with Crippen LogP contribution < -0.4 is 0 Å². The highest BCUT2D eigenvalue weighted by Crippen LogP contribution is 2.44. The molecule has 3 aromatic rings. The van der Waals surface area contributed by atoms with E-state index in [0.717, 1.165) is 5.56 Å². The van der Waals surface area contributed by atoms with Crippen LogP contribution in [0.4, 0.5) is 22.0 Å². The lowest BCUT2D eigenvalue weighted by atomic mass is 9.87. The largest absolute Gasteiger partial charge is 0.433 e. The van der Waals surface area contributed by atoms with Gasteiger partial charge in [-0.1, -0.05) is 68.4 Å². The molecule has 8 heteroatoms. The van der Waals surface area contributed by atoms with Crippen molar-refractivity contribution in [2.24, 2.45) is 0 Å². The molecule has 0 aliphatic rings. The maximum atomic E-state index is 14.0. The van der Waals surface area contributed by atoms with Gasteiger partial charge in [0.1, 0.15) is 11.8 Å². The van der Waals surface area contributed by atoms with E-state index in [9.17, 15) is 32.2 Å². The molecule has 0 saturated heterocycles. The molecule has 2 N–H and O–H groups in total. The molecule has 0 bridgehead atoms. The molecule has 3 nitrogen and oxygen atoms in total. The molecule has 32 heavy (non-hydrogen) atoms. The van der Waals surface area contributed by atoms with Gasteiger partial charge in [0.05, 0.1) is 6.61 Å². The van der Waals surface area contributed by atoms with Gasteiger partial charge < -0.3 is 10.2 Å². The van der Waals surface area contributed by atoms with Crippen molar-refractivity contribution in [1.82, 2.24) is 4.98 Å². The van der Waals surface area contributed by atoms with E-state index in [1.165, 1.54) is 24.3 Å². The molecule has 0 aliphatic carbocycles. The standard InChI is InChI=1S/C24H22F5NO2/c1-13(2)14-8-10-16(11-9-14)21(32)19-18(15-6-4-3-5-7-15)17(12-31)22(24(27,28)29)30-20(19)23(25)26/h3-11,13,21,23,31-32H,12H2,1-2H3. The Bertz CT molecular complexity index is 1060. The fourth-order valence-electron chi connectivity index (χ4n) is 3.65. The summed E-state index contributed by atoms with van der Waals surface area (Å²) in [5.41, 5.74) is -2.88. The molecule has 0 fully saturated rings. The van der Waals surface area contributed by atoms with Crippen molar-refractivity contribution in [2.75, 3.05) is 0 Å². The first-order valence-electron chi connectivity index (χ1n) is 9.92.